The number of rotatable bonds is 2. The van der Waals surface area contributed by atoms with Crippen molar-refractivity contribution in [3.8, 4) is 0 Å². The first-order valence-corrected chi connectivity index (χ1v) is 6.89. The lowest BCUT2D eigenvalue weighted by atomic mass is 9.96. The van der Waals surface area contributed by atoms with E-state index >= 15 is 0 Å². The number of nitrogens with two attached hydrogens (primary N) is 1. The summed E-state index contributed by atoms with van der Waals surface area (Å²) in [5.74, 6) is 1.50. The first kappa shape index (κ1) is 13.3. The number of aliphatic hydroxyl groups excluding tert-OH is 1. The van der Waals surface area contributed by atoms with Gasteiger partial charge in [0.1, 0.15) is 11.6 Å². The number of likely N-dealkylation sites (tertiary alicyclic amines) is 1. The maximum Gasteiger partial charge on any atom is 0.163 e. The molecule has 7 nitrogen and oxygen atoms in total. The molecule has 0 radical (unpaired) electrons. The van der Waals surface area contributed by atoms with E-state index in [-0.39, 0.29) is 6.10 Å². The third kappa shape index (κ3) is 2.34. The highest BCUT2D eigenvalue weighted by atomic mass is 16.3. The molecule has 0 aliphatic carbocycles. The molecule has 0 spiro atoms. The van der Waals surface area contributed by atoms with Crippen molar-refractivity contribution in [1.29, 1.82) is 0 Å². The fourth-order valence-corrected chi connectivity index (χ4v) is 2.62. The summed E-state index contributed by atoms with van der Waals surface area (Å²) < 4.78 is 1.70. The van der Waals surface area contributed by atoms with Gasteiger partial charge in [-0.25, -0.2) is 9.97 Å². The second kappa shape index (κ2) is 4.99. The highest BCUT2D eigenvalue weighted by Crippen LogP contribution is 2.20. The van der Waals surface area contributed by atoms with Gasteiger partial charge in [-0.2, -0.15) is 5.10 Å². The van der Waals surface area contributed by atoms with Crippen molar-refractivity contribution in [2.24, 2.45) is 13.0 Å². The van der Waals surface area contributed by atoms with E-state index in [1.165, 1.54) is 0 Å². The zero-order valence-electron chi connectivity index (χ0n) is 11.8. The van der Waals surface area contributed by atoms with E-state index in [4.69, 9.17) is 5.73 Å². The number of nitrogen functional groups attached to an aromatic ring is 1. The normalized spacial score (nSPS) is 24.4. The van der Waals surface area contributed by atoms with Gasteiger partial charge in [0.05, 0.1) is 24.2 Å². The quantitative estimate of drug-likeness (QED) is 0.811. The Kier molecular flexibility index (Phi) is 3.31. The lowest BCUT2D eigenvalue weighted by molar-refractivity contribution is 0.0249. The number of hydrogen-bond acceptors (Lipinski definition) is 6. The van der Waals surface area contributed by atoms with Gasteiger partial charge in [0.15, 0.2) is 5.65 Å². The molecule has 2 unspecified atom stereocenters. The Morgan fingerprint density at radius 2 is 2.25 bits per heavy atom. The van der Waals surface area contributed by atoms with Crippen LogP contribution in [0.15, 0.2) is 6.20 Å². The number of piperidine rings is 1. The number of β-amino-alcohol motifs (C(OH)–C–C–N with tert-alkyl or cyclic N) is 1. The molecule has 0 bridgehead atoms. The summed E-state index contributed by atoms with van der Waals surface area (Å²) >= 11 is 0. The number of anilines is 1. The van der Waals surface area contributed by atoms with Crippen LogP contribution in [-0.4, -0.2) is 48.9 Å². The van der Waals surface area contributed by atoms with Crippen LogP contribution < -0.4 is 5.73 Å². The Hall–Kier alpha value is -1.73. The van der Waals surface area contributed by atoms with Crippen LogP contribution in [0.5, 0.6) is 0 Å². The maximum absolute atomic E-state index is 9.94. The Labute approximate surface area is 117 Å². The standard InChI is InChI=1S/C13H20N6O/c1-8-3-4-19(6-10(8)20)7-11-16-12(14)9-5-15-18(2)13(9)17-11/h5,8,10,20H,3-4,6-7H2,1-2H3,(H2,14,16,17). The van der Waals surface area contributed by atoms with Crippen molar-refractivity contribution in [1.82, 2.24) is 24.6 Å². The summed E-state index contributed by atoms with van der Waals surface area (Å²) in [6.07, 6.45) is 2.40. The molecule has 3 rings (SSSR count). The summed E-state index contributed by atoms with van der Waals surface area (Å²) in [6, 6.07) is 0. The van der Waals surface area contributed by atoms with Gasteiger partial charge in [0.25, 0.3) is 0 Å². The van der Waals surface area contributed by atoms with Crippen LogP contribution in [0, 0.1) is 5.92 Å². The van der Waals surface area contributed by atoms with Crippen LogP contribution in [0.3, 0.4) is 0 Å². The van der Waals surface area contributed by atoms with Gasteiger partial charge in [-0.05, 0) is 18.9 Å². The monoisotopic (exact) mass is 276 g/mol. The average Bonchev–Trinajstić information content (AvgIpc) is 2.77. The molecule has 1 saturated heterocycles. The van der Waals surface area contributed by atoms with Crippen LogP contribution in [0.25, 0.3) is 11.0 Å². The molecule has 20 heavy (non-hydrogen) atoms. The second-order valence-corrected chi connectivity index (χ2v) is 5.60. The maximum atomic E-state index is 9.94. The van der Waals surface area contributed by atoms with E-state index in [1.54, 1.807) is 10.9 Å². The Morgan fingerprint density at radius 3 is 3.00 bits per heavy atom. The second-order valence-electron chi connectivity index (χ2n) is 5.60. The van der Waals surface area contributed by atoms with E-state index in [9.17, 15) is 5.11 Å². The molecule has 7 heteroatoms. The smallest absolute Gasteiger partial charge is 0.163 e. The minimum atomic E-state index is -0.276. The number of fused-ring (bicyclic) bond motifs is 1. The van der Waals surface area contributed by atoms with Crippen molar-refractivity contribution >= 4 is 16.9 Å². The predicted molar refractivity (Wildman–Crippen MR) is 75.8 cm³/mol. The van der Waals surface area contributed by atoms with Gasteiger partial charge in [0.2, 0.25) is 0 Å². The van der Waals surface area contributed by atoms with Crippen LogP contribution in [-0.2, 0) is 13.6 Å². The summed E-state index contributed by atoms with van der Waals surface area (Å²) in [7, 11) is 1.84. The summed E-state index contributed by atoms with van der Waals surface area (Å²) in [4.78, 5) is 11.0. The fraction of sp³-hybridized carbons (Fsp3) is 0.615. The van der Waals surface area contributed by atoms with E-state index in [0.29, 0.717) is 30.6 Å². The number of aliphatic hydroxyl groups is 1. The molecule has 1 fully saturated rings. The van der Waals surface area contributed by atoms with Gasteiger partial charge in [-0.15, -0.1) is 0 Å². The van der Waals surface area contributed by atoms with E-state index in [2.05, 4.69) is 26.9 Å². The molecule has 0 saturated carbocycles. The predicted octanol–water partition coefficient (Wildman–Crippen LogP) is 0.148. The number of aryl methyl sites for hydroxylation is 1. The van der Waals surface area contributed by atoms with E-state index in [0.717, 1.165) is 24.0 Å². The van der Waals surface area contributed by atoms with Crippen molar-refractivity contribution in [3.05, 3.63) is 12.0 Å². The fourth-order valence-electron chi connectivity index (χ4n) is 2.62. The van der Waals surface area contributed by atoms with Crippen LogP contribution in [0.1, 0.15) is 19.2 Å². The average molecular weight is 276 g/mol. The molecule has 108 valence electrons. The highest BCUT2D eigenvalue weighted by Gasteiger charge is 2.25. The molecule has 1 aliphatic heterocycles. The van der Waals surface area contributed by atoms with E-state index in [1.807, 2.05) is 7.05 Å². The summed E-state index contributed by atoms with van der Waals surface area (Å²) in [5, 5.41) is 14.9. The molecular weight excluding hydrogens is 256 g/mol. The largest absolute Gasteiger partial charge is 0.392 e. The number of hydrogen-bond donors (Lipinski definition) is 2. The molecule has 0 amide bonds. The van der Waals surface area contributed by atoms with Crippen molar-refractivity contribution in [3.63, 3.8) is 0 Å². The van der Waals surface area contributed by atoms with Crippen molar-refractivity contribution in [2.45, 2.75) is 26.0 Å². The first-order chi connectivity index (χ1) is 9.54. The molecule has 2 aromatic heterocycles. The molecule has 0 aromatic carbocycles. The highest BCUT2D eigenvalue weighted by molar-refractivity contribution is 5.84. The topological polar surface area (TPSA) is 93.1 Å². The van der Waals surface area contributed by atoms with Crippen molar-refractivity contribution in [2.75, 3.05) is 18.8 Å². The molecular formula is C13H20N6O. The zero-order chi connectivity index (χ0) is 14.3. The van der Waals surface area contributed by atoms with Gasteiger partial charge < -0.3 is 10.8 Å². The van der Waals surface area contributed by atoms with E-state index < -0.39 is 0 Å². The summed E-state index contributed by atoms with van der Waals surface area (Å²) in [6.45, 7) is 4.30. The number of aromatic nitrogens is 4. The van der Waals surface area contributed by atoms with Crippen LogP contribution in [0.2, 0.25) is 0 Å². The Balaban J connectivity index is 1.82. The Morgan fingerprint density at radius 1 is 1.45 bits per heavy atom. The lowest BCUT2D eigenvalue weighted by Gasteiger charge is -2.33. The number of nitrogens with zero attached hydrogens (tertiary/aromatic N) is 5. The lowest BCUT2D eigenvalue weighted by Crippen LogP contribution is -2.42. The summed E-state index contributed by atoms with van der Waals surface area (Å²) in [5.41, 5.74) is 6.70. The van der Waals surface area contributed by atoms with Gasteiger partial charge in [0, 0.05) is 13.6 Å². The molecule has 3 heterocycles. The third-order valence-electron chi connectivity index (χ3n) is 4.04. The van der Waals surface area contributed by atoms with Gasteiger partial charge in [-0.3, -0.25) is 9.58 Å². The Bertz CT molecular complexity index is 625. The molecule has 3 N–H and O–H groups in total. The van der Waals surface area contributed by atoms with Crippen LogP contribution >= 0.6 is 0 Å². The molecule has 2 aromatic rings. The minimum absolute atomic E-state index is 0.276. The molecule has 1 aliphatic rings. The van der Waals surface area contributed by atoms with Gasteiger partial charge >= 0.3 is 0 Å². The van der Waals surface area contributed by atoms with Crippen LogP contribution in [0.4, 0.5) is 5.82 Å². The zero-order valence-corrected chi connectivity index (χ0v) is 11.8. The first-order valence-electron chi connectivity index (χ1n) is 6.89. The SMILES string of the molecule is CC1CCN(Cc2nc(N)c3cnn(C)c3n2)CC1O. The third-order valence-corrected chi connectivity index (χ3v) is 4.04. The van der Waals surface area contributed by atoms with Crippen molar-refractivity contribution < 1.29 is 5.11 Å². The van der Waals surface area contributed by atoms with Gasteiger partial charge in [-0.1, -0.05) is 6.92 Å². The molecule has 2 atom stereocenters. The minimum Gasteiger partial charge on any atom is -0.392 e.